The minimum atomic E-state index is 0.0447. The first-order valence-corrected chi connectivity index (χ1v) is 10.1. The molecule has 2 bridgehead atoms. The summed E-state index contributed by atoms with van der Waals surface area (Å²) < 4.78 is 5.81. The van der Waals surface area contributed by atoms with Crippen molar-refractivity contribution >= 4 is 16.8 Å². The van der Waals surface area contributed by atoms with Gasteiger partial charge in [0, 0.05) is 32.2 Å². The molecule has 3 aliphatic heterocycles. The molecule has 27 heavy (non-hydrogen) atoms. The summed E-state index contributed by atoms with van der Waals surface area (Å²) >= 11 is 0. The first-order chi connectivity index (χ1) is 13.3. The van der Waals surface area contributed by atoms with Gasteiger partial charge in [0.1, 0.15) is 6.33 Å². The lowest BCUT2D eigenvalue weighted by atomic mass is 9.95. The molecule has 4 heterocycles. The van der Waals surface area contributed by atoms with Crippen LogP contribution in [-0.4, -0.2) is 64.5 Å². The quantitative estimate of drug-likeness (QED) is 0.813. The van der Waals surface area contributed by atoms with Crippen LogP contribution in [0.3, 0.4) is 0 Å². The van der Waals surface area contributed by atoms with E-state index in [0.29, 0.717) is 17.8 Å². The first-order valence-electron chi connectivity index (χ1n) is 10.1. The van der Waals surface area contributed by atoms with Crippen LogP contribution in [0.15, 0.2) is 30.6 Å². The summed E-state index contributed by atoms with van der Waals surface area (Å²) in [6.07, 6.45) is 6.73. The molecule has 1 aromatic heterocycles. The van der Waals surface area contributed by atoms with Crippen molar-refractivity contribution in [3.8, 4) is 5.88 Å². The predicted octanol–water partition coefficient (Wildman–Crippen LogP) is 2.34. The zero-order valence-electron chi connectivity index (χ0n) is 15.6. The highest BCUT2D eigenvalue weighted by molar-refractivity contribution is 5.84. The van der Waals surface area contributed by atoms with Crippen molar-refractivity contribution in [2.75, 3.05) is 32.8 Å². The highest BCUT2D eigenvalue weighted by atomic mass is 16.5. The topological polar surface area (TPSA) is 58.6 Å². The van der Waals surface area contributed by atoms with E-state index in [2.05, 4.69) is 14.9 Å². The number of ether oxygens (including phenoxy) is 1. The van der Waals surface area contributed by atoms with Gasteiger partial charge < -0.3 is 9.64 Å². The van der Waals surface area contributed by atoms with E-state index in [4.69, 9.17) is 4.74 Å². The molecule has 0 N–H and O–H groups in total. The van der Waals surface area contributed by atoms with Crippen molar-refractivity contribution < 1.29 is 9.53 Å². The summed E-state index contributed by atoms with van der Waals surface area (Å²) in [4.78, 5) is 26.0. The predicted molar refractivity (Wildman–Crippen MR) is 102 cm³/mol. The first kappa shape index (κ1) is 16.9. The van der Waals surface area contributed by atoms with Gasteiger partial charge in [-0.15, -0.1) is 0 Å². The van der Waals surface area contributed by atoms with E-state index < -0.39 is 0 Å². The highest BCUT2D eigenvalue weighted by Crippen LogP contribution is 2.34. The number of hydrogen-bond donors (Lipinski definition) is 0. The van der Waals surface area contributed by atoms with Gasteiger partial charge in [0.2, 0.25) is 5.88 Å². The number of amides is 1. The molecule has 1 saturated carbocycles. The van der Waals surface area contributed by atoms with Crippen molar-refractivity contribution in [2.45, 2.75) is 31.7 Å². The van der Waals surface area contributed by atoms with Crippen LogP contribution in [0.1, 0.15) is 25.7 Å². The van der Waals surface area contributed by atoms with Crippen LogP contribution in [0.2, 0.25) is 0 Å². The van der Waals surface area contributed by atoms with E-state index in [0.717, 1.165) is 36.5 Å². The molecule has 6 nitrogen and oxygen atoms in total. The average Bonchev–Trinajstić information content (AvgIpc) is 3.54. The van der Waals surface area contributed by atoms with Crippen LogP contribution in [0.5, 0.6) is 5.88 Å². The van der Waals surface area contributed by atoms with Crippen LogP contribution >= 0.6 is 0 Å². The molecule has 6 heteroatoms. The second-order valence-corrected chi connectivity index (χ2v) is 8.28. The summed E-state index contributed by atoms with van der Waals surface area (Å²) in [6.45, 7) is 4.14. The van der Waals surface area contributed by atoms with Crippen molar-refractivity contribution in [1.82, 2.24) is 19.8 Å². The van der Waals surface area contributed by atoms with Gasteiger partial charge in [-0.2, -0.15) is 0 Å². The van der Waals surface area contributed by atoms with Crippen molar-refractivity contribution in [3.63, 3.8) is 0 Å². The second-order valence-electron chi connectivity index (χ2n) is 8.28. The van der Waals surface area contributed by atoms with E-state index in [9.17, 15) is 4.79 Å². The SMILES string of the molecule is O=C(COc1ncnc2ccccc12)N1C[C@H]2CC[C@@H](C1)N(CC1CC1)C2. The summed E-state index contributed by atoms with van der Waals surface area (Å²) in [5, 5.41) is 0.847. The molecule has 1 aliphatic carbocycles. The number of nitrogens with zero attached hydrogens (tertiary/aromatic N) is 4. The van der Waals surface area contributed by atoms with Crippen LogP contribution < -0.4 is 4.74 Å². The third-order valence-electron chi connectivity index (χ3n) is 6.21. The third kappa shape index (κ3) is 3.63. The number of hydrogen-bond acceptors (Lipinski definition) is 5. The number of para-hydroxylation sites is 1. The lowest BCUT2D eigenvalue weighted by Gasteiger charge is -2.36. The Kier molecular flexibility index (Phi) is 4.44. The molecule has 1 amide bonds. The van der Waals surface area contributed by atoms with E-state index in [1.54, 1.807) is 0 Å². The molecule has 0 unspecified atom stereocenters. The maximum absolute atomic E-state index is 12.9. The average molecular weight is 366 g/mol. The fraction of sp³-hybridized carbons (Fsp3) is 0.571. The summed E-state index contributed by atoms with van der Waals surface area (Å²) in [5.74, 6) is 2.07. The monoisotopic (exact) mass is 366 g/mol. The molecular weight excluding hydrogens is 340 g/mol. The van der Waals surface area contributed by atoms with Gasteiger partial charge in [-0.25, -0.2) is 9.97 Å². The Hall–Kier alpha value is -2.21. The van der Waals surface area contributed by atoms with Crippen LogP contribution in [0.25, 0.3) is 10.9 Å². The lowest BCUT2D eigenvalue weighted by Crippen LogP contribution is -2.45. The van der Waals surface area contributed by atoms with Gasteiger partial charge in [0.05, 0.1) is 10.9 Å². The number of carbonyl (C=O) groups is 1. The maximum atomic E-state index is 12.9. The highest BCUT2D eigenvalue weighted by Gasteiger charge is 2.38. The molecule has 1 aromatic carbocycles. The van der Waals surface area contributed by atoms with Gasteiger partial charge in [-0.3, -0.25) is 9.69 Å². The van der Waals surface area contributed by atoms with Crippen molar-refractivity contribution in [1.29, 1.82) is 0 Å². The minimum absolute atomic E-state index is 0.0447. The van der Waals surface area contributed by atoms with Crippen molar-refractivity contribution in [2.24, 2.45) is 11.8 Å². The number of piperidine rings is 1. The maximum Gasteiger partial charge on any atom is 0.260 e. The molecule has 0 spiro atoms. The Bertz CT molecular complexity index is 833. The van der Waals surface area contributed by atoms with Gasteiger partial charge in [0.25, 0.3) is 5.91 Å². The summed E-state index contributed by atoms with van der Waals surface area (Å²) in [6, 6.07) is 8.24. The van der Waals surface area contributed by atoms with Gasteiger partial charge in [0.15, 0.2) is 6.61 Å². The zero-order valence-corrected chi connectivity index (χ0v) is 15.6. The van der Waals surface area contributed by atoms with Crippen LogP contribution in [0.4, 0.5) is 0 Å². The Morgan fingerprint density at radius 3 is 2.85 bits per heavy atom. The number of benzene rings is 1. The standard InChI is InChI=1S/C21H26N4O2/c26-20(13-27-21-18-3-1-2-4-19(18)22-14-23-21)25-11-16-7-8-17(12-25)24(10-16)9-15-5-6-15/h1-4,14-17H,5-13H2/t16-,17-/m0/s1. The largest absolute Gasteiger partial charge is 0.467 e. The Morgan fingerprint density at radius 1 is 1.07 bits per heavy atom. The van der Waals surface area contributed by atoms with Gasteiger partial charge >= 0.3 is 0 Å². The van der Waals surface area contributed by atoms with E-state index in [1.807, 2.05) is 29.2 Å². The molecule has 4 aliphatic rings. The van der Waals surface area contributed by atoms with Crippen LogP contribution in [-0.2, 0) is 4.79 Å². The fourth-order valence-electron chi connectivity index (χ4n) is 4.55. The Balaban J connectivity index is 1.24. The second kappa shape index (κ2) is 7.08. The van der Waals surface area contributed by atoms with Gasteiger partial charge in [-0.05, 0) is 49.7 Å². The molecule has 6 rings (SSSR count). The van der Waals surface area contributed by atoms with E-state index >= 15 is 0 Å². The third-order valence-corrected chi connectivity index (χ3v) is 6.21. The van der Waals surface area contributed by atoms with Crippen molar-refractivity contribution in [3.05, 3.63) is 30.6 Å². The van der Waals surface area contributed by atoms with E-state index in [-0.39, 0.29) is 12.5 Å². The Morgan fingerprint density at radius 2 is 1.96 bits per heavy atom. The Labute approximate surface area is 159 Å². The minimum Gasteiger partial charge on any atom is -0.467 e. The molecule has 0 radical (unpaired) electrons. The lowest BCUT2D eigenvalue weighted by molar-refractivity contribution is -0.133. The molecule has 2 atom stereocenters. The molecule has 3 saturated heterocycles. The summed E-state index contributed by atoms with van der Waals surface area (Å²) in [7, 11) is 0. The summed E-state index contributed by atoms with van der Waals surface area (Å²) in [5.41, 5.74) is 0.832. The molecular formula is C21H26N4O2. The molecule has 4 fully saturated rings. The van der Waals surface area contributed by atoms with Crippen LogP contribution in [0, 0.1) is 11.8 Å². The smallest absolute Gasteiger partial charge is 0.260 e. The normalized spacial score (nSPS) is 25.6. The number of fused-ring (bicyclic) bond motifs is 5. The molecule has 142 valence electrons. The molecule has 2 aromatic rings. The van der Waals surface area contributed by atoms with Gasteiger partial charge in [-0.1, -0.05) is 12.1 Å². The van der Waals surface area contributed by atoms with E-state index in [1.165, 1.54) is 38.6 Å². The number of carbonyl (C=O) groups excluding carboxylic acids is 1. The number of aromatic nitrogens is 2. The zero-order chi connectivity index (χ0) is 18.2. The number of rotatable bonds is 5. The fourth-order valence-corrected chi connectivity index (χ4v) is 4.55.